The first-order valence-electron chi connectivity index (χ1n) is 6.54. The van der Waals surface area contributed by atoms with Crippen LogP contribution in [0.5, 0.6) is 5.75 Å². The molecule has 20 heavy (non-hydrogen) atoms. The molecule has 0 heterocycles. The van der Waals surface area contributed by atoms with Crippen LogP contribution in [0.1, 0.15) is 42.6 Å². The number of methoxy groups -OCH3 is 1. The van der Waals surface area contributed by atoms with Crippen molar-refractivity contribution in [2.24, 2.45) is 0 Å². The molecule has 0 aromatic heterocycles. The predicted octanol–water partition coefficient (Wildman–Crippen LogP) is 2.38. The van der Waals surface area contributed by atoms with Crippen molar-refractivity contribution in [2.75, 3.05) is 7.11 Å². The van der Waals surface area contributed by atoms with E-state index < -0.39 is 17.4 Å². The first-order chi connectivity index (χ1) is 9.34. The van der Waals surface area contributed by atoms with E-state index in [1.54, 1.807) is 12.1 Å². The second-order valence-corrected chi connectivity index (χ2v) is 5.05. The van der Waals surface area contributed by atoms with Gasteiger partial charge in [-0.05, 0) is 32.4 Å². The van der Waals surface area contributed by atoms with E-state index in [2.05, 4.69) is 5.32 Å². The van der Waals surface area contributed by atoms with E-state index in [-0.39, 0.29) is 0 Å². The standard InChI is InChI=1S/C15H21NO4/c1-5-8-15(3,14(18)19)16-13(17)11-9-10(2)6-7-12(11)20-4/h6-7,9H,5,8H2,1-4H3,(H,16,17)(H,18,19). The van der Waals surface area contributed by atoms with Gasteiger partial charge in [0.05, 0.1) is 12.7 Å². The normalized spacial score (nSPS) is 13.4. The Morgan fingerprint density at radius 1 is 1.40 bits per heavy atom. The van der Waals surface area contributed by atoms with Crippen molar-refractivity contribution in [2.45, 2.75) is 39.2 Å². The van der Waals surface area contributed by atoms with E-state index in [1.807, 2.05) is 19.9 Å². The van der Waals surface area contributed by atoms with Crippen molar-refractivity contribution in [3.05, 3.63) is 29.3 Å². The van der Waals surface area contributed by atoms with Crippen LogP contribution in [0, 0.1) is 6.92 Å². The van der Waals surface area contributed by atoms with E-state index in [0.717, 1.165) is 5.56 Å². The molecule has 1 amide bonds. The lowest BCUT2D eigenvalue weighted by atomic mass is 9.95. The number of carbonyl (C=O) groups excluding carboxylic acids is 1. The van der Waals surface area contributed by atoms with E-state index >= 15 is 0 Å². The average Bonchev–Trinajstić information content (AvgIpc) is 2.38. The molecule has 1 atom stereocenters. The van der Waals surface area contributed by atoms with Crippen molar-refractivity contribution in [3.8, 4) is 5.75 Å². The molecule has 110 valence electrons. The Labute approximate surface area is 118 Å². The van der Waals surface area contributed by atoms with E-state index in [0.29, 0.717) is 24.2 Å². The van der Waals surface area contributed by atoms with Crippen molar-refractivity contribution < 1.29 is 19.4 Å². The van der Waals surface area contributed by atoms with Crippen molar-refractivity contribution in [1.29, 1.82) is 0 Å². The molecule has 0 saturated carbocycles. The first kappa shape index (κ1) is 16.0. The van der Waals surface area contributed by atoms with Gasteiger partial charge in [0.2, 0.25) is 0 Å². The number of ether oxygens (including phenoxy) is 1. The minimum atomic E-state index is -1.28. The Bertz CT molecular complexity index is 513. The minimum absolute atomic E-state index is 0.344. The van der Waals surface area contributed by atoms with Gasteiger partial charge in [-0.15, -0.1) is 0 Å². The maximum atomic E-state index is 12.3. The van der Waals surface area contributed by atoms with Crippen LogP contribution in [0.2, 0.25) is 0 Å². The van der Waals surface area contributed by atoms with Gasteiger partial charge in [0, 0.05) is 0 Å². The molecule has 0 radical (unpaired) electrons. The number of hydrogen-bond donors (Lipinski definition) is 2. The number of carbonyl (C=O) groups is 2. The molecule has 0 saturated heterocycles. The third-order valence-corrected chi connectivity index (χ3v) is 3.21. The molecule has 5 heteroatoms. The van der Waals surface area contributed by atoms with Gasteiger partial charge in [-0.3, -0.25) is 4.79 Å². The van der Waals surface area contributed by atoms with Crippen molar-refractivity contribution in [1.82, 2.24) is 5.32 Å². The lowest BCUT2D eigenvalue weighted by Gasteiger charge is -2.26. The van der Waals surface area contributed by atoms with E-state index in [9.17, 15) is 14.7 Å². The van der Waals surface area contributed by atoms with Gasteiger partial charge < -0.3 is 15.2 Å². The van der Waals surface area contributed by atoms with Gasteiger partial charge in [-0.1, -0.05) is 25.0 Å². The topological polar surface area (TPSA) is 75.6 Å². The first-order valence-corrected chi connectivity index (χ1v) is 6.54. The fourth-order valence-electron chi connectivity index (χ4n) is 2.04. The molecule has 1 rings (SSSR count). The second kappa shape index (κ2) is 6.41. The Morgan fingerprint density at radius 3 is 2.55 bits per heavy atom. The average molecular weight is 279 g/mol. The quantitative estimate of drug-likeness (QED) is 0.838. The summed E-state index contributed by atoms with van der Waals surface area (Å²) in [6, 6.07) is 5.21. The van der Waals surface area contributed by atoms with Gasteiger partial charge in [0.15, 0.2) is 0 Å². The zero-order valence-electron chi connectivity index (χ0n) is 12.3. The minimum Gasteiger partial charge on any atom is -0.496 e. The van der Waals surface area contributed by atoms with Crippen molar-refractivity contribution >= 4 is 11.9 Å². The van der Waals surface area contributed by atoms with Gasteiger partial charge >= 0.3 is 5.97 Å². The summed E-state index contributed by atoms with van der Waals surface area (Å²) in [5, 5.41) is 11.9. The SMILES string of the molecule is CCCC(C)(NC(=O)c1cc(C)ccc1OC)C(=O)O. The summed E-state index contributed by atoms with van der Waals surface area (Å²) in [6.45, 7) is 5.25. The number of aryl methyl sites for hydroxylation is 1. The second-order valence-electron chi connectivity index (χ2n) is 5.05. The molecular formula is C15H21NO4. The van der Waals surface area contributed by atoms with Crippen LogP contribution in [-0.2, 0) is 4.79 Å². The monoisotopic (exact) mass is 279 g/mol. The highest BCUT2D eigenvalue weighted by Crippen LogP contribution is 2.21. The van der Waals surface area contributed by atoms with Crippen LogP contribution < -0.4 is 10.1 Å². The largest absolute Gasteiger partial charge is 0.496 e. The van der Waals surface area contributed by atoms with Crippen LogP contribution in [0.25, 0.3) is 0 Å². The molecule has 0 aliphatic rings. The molecule has 5 nitrogen and oxygen atoms in total. The molecule has 1 aromatic rings. The summed E-state index contributed by atoms with van der Waals surface area (Å²) >= 11 is 0. The molecule has 2 N–H and O–H groups in total. The van der Waals surface area contributed by atoms with Crippen LogP contribution in [0.3, 0.4) is 0 Å². The molecule has 0 fully saturated rings. The maximum Gasteiger partial charge on any atom is 0.329 e. The van der Waals surface area contributed by atoms with Gasteiger partial charge in [-0.2, -0.15) is 0 Å². The summed E-state index contributed by atoms with van der Waals surface area (Å²) in [5.41, 5.74) is -0.0276. The lowest BCUT2D eigenvalue weighted by Crippen LogP contribution is -2.52. The highest BCUT2D eigenvalue weighted by atomic mass is 16.5. The lowest BCUT2D eigenvalue weighted by molar-refractivity contribution is -0.144. The van der Waals surface area contributed by atoms with Crippen LogP contribution >= 0.6 is 0 Å². The summed E-state index contributed by atoms with van der Waals surface area (Å²) in [7, 11) is 1.48. The summed E-state index contributed by atoms with van der Waals surface area (Å²) < 4.78 is 5.15. The maximum absolute atomic E-state index is 12.3. The van der Waals surface area contributed by atoms with Crippen LogP contribution in [0.4, 0.5) is 0 Å². The van der Waals surface area contributed by atoms with Crippen LogP contribution in [0.15, 0.2) is 18.2 Å². The number of aliphatic carboxylic acids is 1. The Morgan fingerprint density at radius 2 is 2.05 bits per heavy atom. The summed E-state index contributed by atoms with van der Waals surface area (Å²) in [5.74, 6) is -1.06. The molecule has 0 bridgehead atoms. The van der Waals surface area contributed by atoms with E-state index in [4.69, 9.17) is 4.74 Å². The fourth-order valence-corrected chi connectivity index (χ4v) is 2.04. The van der Waals surface area contributed by atoms with Crippen LogP contribution in [-0.4, -0.2) is 29.6 Å². The molecule has 1 aromatic carbocycles. The number of rotatable bonds is 6. The smallest absolute Gasteiger partial charge is 0.329 e. The molecule has 0 aliphatic heterocycles. The number of carboxylic acid groups (broad SMARTS) is 1. The van der Waals surface area contributed by atoms with E-state index in [1.165, 1.54) is 14.0 Å². The Kier molecular flexibility index (Phi) is 5.13. The summed E-state index contributed by atoms with van der Waals surface area (Å²) in [4.78, 5) is 23.7. The third kappa shape index (κ3) is 3.50. The fraction of sp³-hybridized carbons (Fsp3) is 0.467. The predicted molar refractivity (Wildman–Crippen MR) is 76.1 cm³/mol. The Hall–Kier alpha value is -2.04. The highest BCUT2D eigenvalue weighted by Gasteiger charge is 2.34. The molecule has 0 spiro atoms. The van der Waals surface area contributed by atoms with Gasteiger partial charge in [0.25, 0.3) is 5.91 Å². The number of carboxylic acids is 1. The number of amides is 1. The molecule has 1 unspecified atom stereocenters. The number of hydrogen-bond acceptors (Lipinski definition) is 3. The highest BCUT2D eigenvalue weighted by molar-refractivity contribution is 6.00. The third-order valence-electron chi connectivity index (χ3n) is 3.21. The zero-order valence-corrected chi connectivity index (χ0v) is 12.3. The number of benzene rings is 1. The van der Waals surface area contributed by atoms with Gasteiger partial charge in [-0.25, -0.2) is 4.79 Å². The van der Waals surface area contributed by atoms with Crippen molar-refractivity contribution in [3.63, 3.8) is 0 Å². The van der Waals surface area contributed by atoms with Gasteiger partial charge in [0.1, 0.15) is 11.3 Å². The summed E-state index contributed by atoms with van der Waals surface area (Å²) in [6.07, 6.45) is 1.02. The number of nitrogens with one attached hydrogen (secondary N) is 1. The molecular weight excluding hydrogens is 258 g/mol. The zero-order chi connectivity index (χ0) is 15.3. The molecule has 0 aliphatic carbocycles. The Balaban J connectivity index is 3.06.